The van der Waals surface area contributed by atoms with Crippen LogP contribution in [0.15, 0.2) is 42.5 Å². The third-order valence-corrected chi connectivity index (χ3v) is 3.58. The molecule has 0 aromatic heterocycles. The SMILES string of the molecule is Cc1ccc(CN(C)C(=O)c2ccc([N+](=O)[O-])cc2)c(C)c1. The van der Waals surface area contributed by atoms with E-state index in [1.807, 2.05) is 26.0 Å². The molecule has 5 nitrogen and oxygen atoms in total. The second kappa shape index (κ2) is 6.39. The van der Waals surface area contributed by atoms with Gasteiger partial charge in [-0.25, -0.2) is 0 Å². The van der Waals surface area contributed by atoms with Gasteiger partial charge in [0.1, 0.15) is 0 Å². The smallest absolute Gasteiger partial charge is 0.269 e. The fraction of sp³-hybridized carbons (Fsp3) is 0.235. The number of hydrogen-bond donors (Lipinski definition) is 0. The molecule has 0 bridgehead atoms. The van der Waals surface area contributed by atoms with Crippen molar-refractivity contribution in [2.75, 3.05) is 7.05 Å². The molecule has 2 aromatic rings. The van der Waals surface area contributed by atoms with Crippen LogP contribution in [-0.4, -0.2) is 22.8 Å². The minimum atomic E-state index is -0.479. The molecule has 0 saturated heterocycles. The standard InChI is InChI=1S/C17H18N2O3/c1-12-4-5-15(13(2)10-12)11-18(3)17(20)14-6-8-16(9-7-14)19(21)22/h4-10H,11H2,1-3H3. The molecule has 114 valence electrons. The summed E-state index contributed by atoms with van der Waals surface area (Å²) >= 11 is 0. The van der Waals surface area contributed by atoms with Crippen molar-refractivity contribution >= 4 is 11.6 Å². The number of rotatable bonds is 4. The molecule has 0 atom stereocenters. The Balaban J connectivity index is 2.13. The van der Waals surface area contributed by atoms with Crippen LogP contribution in [0.1, 0.15) is 27.0 Å². The number of carbonyl (C=O) groups excluding carboxylic acids is 1. The number of nitrogens with zero attached hydrogens (tertiary/aromatic N) is 2. The molecule has 0 saturated carbocycles. The van der Waals surface area contributed by atoms with E-state index in [1.165, 1.54) is 29.8 Å². The van der Waals surface area contributed by atoms with Crippen LogP contribution in [0.4, 0.5) is 5.69 Å². The van der Waals surface area contributed by atoms with Crippen molar-refractivity contribution in [1.29, 1.82) is 0 Å². The number of non-ortho nitro benzene ring substituents is 1. The molecule has 0 aliphatic rings. The number of nitro benzene ring substituents is 1. The summed E-state index contributed by atoms with van der Waals surface area (Å²) in [5, 5.41) is 10.6. The van der Waals surface area contributed by atoms with Crippen molar-refractivity contribution in [1.82, 2.24) is 4.90 Å². The first kappa shape index (κ1) is 15.7. The minimum absolute atomic E-state index is 0.0198. The maximum Gasteiger partial charge on any atom is 0.269 e. The average molecular weight is 298 g/mol. The van der Waals surface area contributed by atoms with E-state index in [-0.39, 0.29) is 11.6 Å². The molecule has 22 heavy (non-hydrogen) atoms. The van der Waals surface area contributed by atoms with Gasteiger partial charge < -0.3 is 4.90 Å². The summed E-state index contributed by atoms with van der Waals surface area (Å²) < 4.78 is 0. The predicted molar refractivity (Wildman–Crippen MR) is 84.8 cm³/mol. The van der Waals surface area contributed by atoms with Crippen LogP contribution in [-0.2, 0) is 6.54 Å². The van der Waals surface area contributed by atoms with Crippen LogP contribution < -0.4 is 0 Å². The Morgan fingerprint density at radius 2 is 1.77 bits per heavy atom. The van der Waals surface area contributed by atoms with Crippen molar-refractivity contribution in [3.05, 3.63) is 74.8 Å². The van der Waals surface area contributed by atoms with E-state index >= 15 is 0 Å². The molecule has 0 fully saturated rings. The highest BCUT2D eigenvalue weighted by Crippen LogP contribution is 2.16. The van der Waals surface area contributed by atoms with Gasteiger partial charge in [0, 0.05) is 31.3 Å². The third kappa shape index (κ3) is 3.49. The number of amides is 1. The van der Waals surface area contributed by atoms with E-state index in [0.717, 1.165) is 11.1 Å². The van der Waals surface area contributed by atoms with E-state index in [1.54, 1.807) is 11.9 Å². The Hall–Kier alpha value is -2.69. The summed E-state index contributed by atoms with van der Waals surface area (Å²) in [7, 11) is 1.73. The lowest BCUT2D eigenvalue weighted by molar-refractivity contribution is -0.384. The molecule has 0 aliphatic heterocycles. The molecule has 0 aliphatic carbocycles. The van der Waals surface area contributed by atoms with Gasteiger partial charge in [-0.05, 0) is 37.1 Å². The topological polar surface area (TPSA) is 63.5 Å². The van der Waals surface area contributed by atoms with Gasteiger partial charge >= 0.3 is 0 Å². The molecule has 0 radical (unpaired) electrons. The van der Waals surface area contributed by atoms with E-state index < -0.39 is 4.92 Å². The lowest BCUT2D eigenvalue weighted by Crippen LogP contribution is -2.26. The molecular formula is C17H18N2O3. The van der Waals surface area contributed by atoms with Crippen LogP contribution in [0.5, 0.6) is 0 Å². The summed E-state index contributed by atoms with van der Waals surface area (Å²) in [4.78, 5) is 24.1. The fourth-order valence-corrected chi connectivity index (χ4v) is 2.30. The number of benzene rings is 2. The maximum absolute atomic E-state index is 12.4. The minimum Gasteiger partial charge on any atom is -0.337 e. The normalized spacial score (nSPS) is 10.3. The first-order valence-electron chi connectivity index (χ1n) is 6.94. The lowest BCUT2D eigenvalue weighted by Gasteiger charge is -2.19. The molecule has 2 aromatic carbocycles. The van der Waals surface area contributed by atoms with Crippen LogP contribution in [0, 0.1) is 24.0 Å². The molecule has 0 heterocycles. The molecular weight excluding hydrogens is 280 g/mol. The van der Waals surface area contributed by atoms with Crippen molar-refractivity contribution in [3.63, 3.8) is 0 Å². The Bertz CT molecular complexity index is 708. The largest absolute Gasteiger partial charge is 0.337 e. The molecule has 2 rings (SSSR count). The number of hydrogen-bond acceptors (Lipinski definition) is 3. The zero-order chi connectivity index (χ0) is 16.3. The van der Waals surface area contributed by atoms with Gasteiger partial charge in [-0.3, -0.25) is 14.9 Å². The first-order valence-corrected chi connectivity index (χ1v) is 6.94. The maximum atomic E-state index is 12.4. The zero-order valence-electron chi connectivity index (χ0n) is 12.9. The van der Waals surface area contributed by atoms with Crippen molar-refractivity contribution in [2.24, 2.45) is 0 Å². The average Bonchev–Trinajstić information content (AvgIpc) is 2.49. The molecule has 1 amide bonds. The van der Waals surface area contributed by atoms with Gasteiger partial charge in [0.25, 0.3) is 11.6 Å². The van der Waals surface area contributed by atoms with Gasteiger partial charge in [-0.1, -0.05) is 23.8 Å². The van der Waals surface area contributed by atoms with Crippen molar-refractivity contribution < 1.29 is 9.72 Å². The highest BCUT2D eigenvalue weighted by atomic mass is 16.6. The number of carbonyl (C=O) groups is 1. The second-order valence-electron chi connectivity index (χ2n) is 5.40. The van der Waals surface area contributed by atoms with Crippen LogP contribution >= 0.6 is 0 Å². The third-order valence-electron chi connectivity index (χ3n) is 3.58. The summed E-state index contributed by atoms with van der Waals surface area (Å²) in [6.45, 7) is 4.55. The van der Waals surface area contributed by atoms with Gasteiger partial charge in [-0.2, -0.15) is 0 Å². The monoisotopic (exact) mass is 298 g/mol. The van der Waals surface area contributed by atoms with Crippen molar-refractivity contribution in [2.45, 2.75) is 20.4 Å². The zero-order valence-corrected chi connectivity index (χ0v) is 12.9. The molecule has 0 N–H and O–H groups in total. The summed E-state index contributed by atoms with van der Waals surface area (Å²) in [5.41, 5.74) is 3.84. The summed E-state index contributed by atoms with van der Waals surface area (Å²) in [6.07, 6.45) is 0. The molecule has 0 spiro atoms. The highest BCUT2D eigenvalue weighted by molar-refractivity contribution is 5.94. The second-order valence-corrected chi connectivity index (χ2v) is 5.40. The van der Waals surface area contributed by atoms with Gasteiger partial charge in [-0.15, -0.1) is 0 Å². The first-order chi connectivity index (χ1) is 10.4. The van der Waals surface area contributed by atoms with E-state index in [4.69, 9.17) is 0 Å². The summed E-state index contributed by atoms with van der Waals surface area (Å²) in [5.74, 6) is -0.158. The fourth-order valence-electron chi connectivity index (χ4n) is 2.30. The van der Waals surface area contributed by atoms with Gasteiger partial charge in [0.15, 0.2) is 0 Å². The van der Waals surface area contributed by atoms with Crippen LogP contribution in [0.2, 0.25) is 0 Å². The van der Waals surface area contributed by atoms with Crippen molar-refractivity contribution in [3.8, 4) is 0 Å². The van der Waals surface area contributed by atoms with Gasteiger partial charge in [0.2, 0.25) is 0 Å². The van der Waals surface area contributed by atoms with Crippen LogP contribution in [0.25, 0.3) is 0 Å². The van der Waals surface area contributed by atoms with Crippen LogP contribution in [0.3, 0.4) is 0 Å². The lowest BCUT2D eigenvalue weighted by atomic mass is 10.1. The van der Waals surface area contributed by atoms with E-state index in [9.17, 15) is 14.9 Å². The molecule has 5 heteroatoms. The Morgan fingerprint density at radius 3 is 2.32 bits per heavy atom. The van der Waals surface area contributed by atoms with E-state index in [2.05, 4.69) is 6.07 Å². The number of aryl methyl sites for hydroxylation is 2. The number of nitro groups is 1. The summed E-state index contributed by atoms with van der Waals surface area (Å²) in [6, 6.07) is 11.8. The van der Waals surface area contributed by atoms with E-state index in [0.29, 0.717) is 12.1 Å². The quantitative estimate of drug-likeness (QED) is 0.641. The Morgan fingerprint density at radius 1 is 1.14 bits per heavy atom. The molecule has 0 unspecified atom stereocenters. The predicted octanol–water partition coefficient (Wildman–Crippen LogP) is 3.48. The Kier molecular flexibility index (Phi) is 4.56. The van der Waals surface area contributed by atoms with Gasteiger partial charge in [0.05, 0.1) is 4.92 Å². The highest BCUT2D eigenvalue weighted by Gasteiger charge is 2.14. The Labute approximate surface area is 129 Å².